The molecule has 1 heterocycles. The Morgan fingerprint density at radius 3 is 2.32 bits per heavy atom. The highest BCUT2D eigenvalue weighted by molar-refractivity contribution is 6.30. The van der Waals surface area contributed by atoms with E-state index in [1.165, 1.54) is 12.0 Å². The largest absolute Gasteiger partial charge is 0.465 e. The van der Waals surface area contributed by atoms with Gasteiger partial charge >= 0.3 is 0 Å². The zero-order valence-electron chi connectivity index (χ0n) is 11.0. The maximum absolute atomic E-state index is 6.49. The van der Waals surface area contributed by atoms with E-state index in [1.807, 2.05) is 31.2 Å². The SMILES string of the molecule is Cc1ccc(C(N)C2(c3ccc(Cl)cc3)CCC2)o1. The summed E-state index contributed by atoms with van der Waals surface area (Å²) in [5, 5.41) is 0.764. The molecule has 3 rings (SSSR count). The summed E-state index contributed by atoms with van der Waals surface area (Å²) < 4.78 is 5.72. The summed E-state index contributed by atoms with van der Waals surface area (Å²) in [6, 6.07) is 12.0. The molecule has 0 aliphatic heterocycles. The molecular weight excluding hydrogens is 258 g/mol. The molecule has 2 aromatic rings. The zero-order valence-corrected chi connectivity index (χ0v) is 11.8. The predicted molar refractivity (Wildman–Crippen MR) is 77.4 cm³/mol. The fourth-order valence-electron chi connectivity index (χ4n) is 3.01. The molecule has 1 saturated carbocycles. The minimum Gasteiger partial charge on any atom is -0.465 e. The fourth-order valence-corrected chi connectivity index (χ4v) is 3.14. The van der Waals surface area contributed by atoms with Crippen LogP contribution in [0.25, 0.3) is 0 Å². The van der Waals surface area contributed by atoms with E-state index in [2.05, 4.69) is 12.1 Å². The van der Waals surface area contributed by atoms with Crippen molar-refractivity contribution < 1.29 is 4.42 Å². The first-order chi connectivity index (χ1) is 9.12. The molecule has 0 radical (unpaired) electrons. The predicted octanol–water partition coefficient (Wildman–Crippen LogP) is 4.36. The first-order valence-electron chi connectivity index (χ1n) is 6.70. The summed E-state index contributed by atoms with van der Waals surface area (Å²) >= 11 is 5.97. The van der Waals surface area contributed by atoms with Crippen LogP contribution in [0.5, 0.6) is 0 Å². The van der Waals surface area contributed by atoms with E-state index >= 15 is 0 Å². The van der Waals surface area contributed by atoms with Gasteiger partial charge in [-0.2, -0.15) is 0 Å². The number of rotatable bonds is 3. The molecule has 2 nitrogen and oxygen atoms in total. The van der Waals surface area contributed by atoms with Gasteiger partial charge in [0, 0.05) is 10.4 Å². The zero-order chi connectivity index (χ0) is 13.5. The first kappa shape index (κ1) is 12.8. The Balaban J connectivity index is 1.96. The molecule has 0 bridgehead atoms. The van der Waals surface area contributed by atoms with E-state index in [0.717, 1.165) is 29.4 Å². The quantitative estimate of drug-likeness (QED) is 0.904. The van der Waals surface area contributed by atoms with Crippen molar-refractivity contribution in [3.05, 3.63) is 58.5 Å². The lowest BCUT2D eigenvalue weighted by atomic mass is 9.60. The van der Waals surface area contributed by atoms with Gasteiger partial charge in [-0.3, -0.25) is 0 Å². The summed E-state index contributed by atoms with van der Waals surface area (Å²) in [6.07, 6.45) is 3.43. The van der Waals surface area contributed by atoms with Crippen LogP contribution in [-0.2, 0) is 5.41 Å². The molecule has 1 aliphatic carbocycles. The number of furan rings is 1. The van der Waals surface area contributed by atoms with Gasteiger partial charge in [0.15, 0.2) is 0 Å². The van der Waals surface area contributed by atoms with E-state index in [9.17, 15) is 0 Å². The van der Waals surface area contributed by atoms with Crippen molar-refractivity contribution in [1.82, 2.24) is 0 Å². The second-order valence-electron chi connectivity index (χ2n) is 5.44. The average molecular weight is 276 g/mol. The molecule has 0 spiro atoms. The van der Waals surface area contributed by atoms with Crippen LogP contribution in [0.4, 0.5) is 0 Å². The lowest BCUT2D eigenvalue weighted by Gasteiger charge is -2.46. The molecule has 1 fully saturated rings. The summed E-state index contributed by atoms with van der Waals surface area (Å²) in [5.74, 6) is 1.79. The first-order valence-corrected chi connectivity index (χ1v) is 7.08. The minimum absolute atomic E-state index is 0.00881. The smallest absolute Gasteiger partial charge is 0.121 e. The number of hydrogen-bond acceptors (Lipinski definition) is 2. The minimum atomic E-state index is -0.0869. The highest BCUT2D eigenvalue weighted by Crippen LogP contribution is 2.51. The Morgan fingerprint density at radius 1 is 1.16 bits per heavy atom. The average Bonchev–Trinajstić information content (AvgIpc) is 2.77. The maximum Gasteiger partial charge on any atom is 0.121 e. The van der Waals surface area contributed by atoms with Crippen molar-refractivity contribution in [2.75, 3.05) is 0 Å². The Morgan fingerprint density at radius 2 is 1.84 bits per heavy atom. The molecule has 1 atom stereocenters. The molecule has 1 aromatic carbocycles. The summed E-state index contributed by atoms with van der Waals surface area (Å²) in [4.78, 5) is 0. The summed E-state index contributed by atoms with van der Waals surface area (Å²) in [5.41, 5.74) is 7.77. The van der Waals surface area contributed by atoms with Crippen LogP contribution in [0.15, 0.2) is 40.8 Å². The van der Waals surface area contributed by atoms with Crippen LogP contribution < -0.4 is 5.73 Å². The Hall–Kier alpha value is -1.25. The third kappa shape index (κ3) is 2.09. The van der Waals surface area contributed by atoms with Crippen molar-refractivity contribution in [3.8, 4) is 0 Å². The van der Waals surface area contributed by atoms with Crippen molar-refractivity contribution in [2.45, 2.75) is 37.6 Å². The Labute approximate surface area is 118 Å². The Bertz CT molecular complexity index is 569. The van der Waals surface area contributed by atoms with Crippen LogP contribution in [0.3, 0.4) is 0 Å². The van der Waals surface area contributed by atoms with Gasteiger partial charge in [0.25, 0.3) is 0 Å². The molecule has 1 unspecified atom stereocenters. The number of hydrogen-bond donors (Lipinski definition) is 1. The lowest BCUT2D eigenvalue weighted by molar-refractivity contribution is 0.179. The van der Waals surface area contributed by atoms with Gasteiger partial charge in [0.2, 0.25) is 0 Å². The van der Waals surface area contributed by atoms with Gasteiger partial charge in [0.05, 0.1) is 6.04 Å². The molecule has 3 heteroatoms. The topological polar surface area (TPSA) is 39.2 Å². The fraction of sp³-hybridized carbons (Fsp3) is 0.375. The molecule has 0 saturated heterocycles. The second kappa shape index (κ2) is 4.69. The number of nitrogens with two attached hydrogens (primary N) is 1. The van der Waals surface area contributed by atoms with E-state index < -0.39 is 0 Å². The van der Waals surface area contributed by atoms with Crippen molar-refractivity contribution in [3.63, 3.8) is 0 Å². The van der Waals surface area contributed by atoms with Gasteiger partial charge in [-0.1, -0.05) is 30.2 Å². The third-order valence-electron chi connectivity index (χ3n) is 4.33. The van der Waals surface area contributed by atoms with Gasteiger partial charge in [-0.05, 0) is 49.6 Å². The van der Waals surface area contributed by atoms with E-state index in [4.69, 9.17) is 21.8 Å². The van der Waals surface area contributed by atoms with Crippen LogP contribution in [0, 0.1) is 6.92 Å². The third-order valence-corrected chi connectivity index (χ3v) is 4.58. The van der Waals surface area contributed by atoms with Gasteiger partial charge in [-0.15, -0.1) is 0 Å². The molecule has 2 N–H and O–H groups in total. The van der Waals surface area contributed by atoms with Gasteiger partial charge < -0.3 is 10.2 Å². The van der Waals surface area contributed by atoms with Gasteiger partial charge in [0.1, 0.15) is 11.5 Å². The number of benzene rings is 1. The van der Waals surface area contributed by atoms with Crippen LogP contribution >= 0.6 is 11.6 Å². The van der Waals surface area contributed by atoms with Crippen LogP contribution in [0.1, 0.15) is 42.4 Å². The van der Waals surface area contributed by atoms with Crippen molar-refractivity contribution in [1.29, 1.82) is 0 Å². The Kier molecular flexibility index (Phi) is 3.15. The van der Waals surface area contributed by atoms with E-state index in [1.54, 1.807) is 0 Å². The molecular formula is C16H18ClNO. The van der Waals surface area contributed by atoms with Crippen LogP contribution in [-0.4, -0.2) is 0 Å². The summed E-state index contributed by atoms with van der Waals surface area (Å²) in [7, 11) is 0. The molecule has 1 aromatic heterocycles. The van der Waals surface area contributed by atoms with Crippen molar-refractivity contribution in [2.24, 2.45) is 5.73 Å². The standard InChI is InChI=1S/C16H18ClNO/c1-11-3-8-14(19-11)15(18)16(9-2-10-16)12-4-6-13(17)7-5-12/h3-8,15H,2,9-10,18H2,1H3. The normalized spacial score (nSPS) is 18.9. The molecule has 19 heavy (non-hydrogen) atoms. The van der Waals surface area contributed by atoms with E-state index in [-0.39, 0.29) is 11.5 Å². The van der Waals surface area contributed by atoms with Gasteiger partial charge in [-0.25, -0.2) is 0 Å². The van der Waals surface area contributed by atoms with Crippen LogP contribution in [0.2, 0.25) is 5.02 Å². The highest BCUT2D eigenvalue weighted by atomic mass is 35.5. The molecule has 100 valence electrons. The number of halogens is 1. The van der Waals surface area contributed by atoms with E-state index in [0.29, 0.717) is 0 Å². The molecule has 1 aliphatic rings. The lowest BCUT2D eigenvalue weighted by Crippen LogP contribution is -2.44. The maximum atomic E-state index is 6.49. The second-order valence-corrected chi connectivity index (χ2v) is 5.88. The number of aryl methyl sites for hydroxylation is 1. The molecule has 0 amide bonds. The van der Waals surface area contributed by atoms with Crippen molar-refractivity contribution >= 4 is 11.6 Å². The summed E-state index contributed by atoms with van der Waals surface area (Å²) in [6.45, 7) is 1.95. The monoisotopic (exact) mass is 275 g/mol. The highest BCUT2D eigenvalue weighted by Gasteiger charge is 2.45.